The second kappa shape index (κ2) is 4.96. The van der Waals surface area contributed by atoms with E-state index in [4.69, 9.17) is 5.11 Å². The lowest BCUT2D eigenvalue weighted by molar-refractivity contribution is -0.115. The first-order valence-electron chi connectivity index (χ1n) is 4.71. The van der Waals surface area contributed by atoms with Gasteiger partial charge in [0.2, 0.25) is 0 Å². The van der Waals surface area contributed by atoms with Crippen LogP contribution in [-0.2, 0) is 4.79 Å². The van der Waals surface area contributed by atoms with E-state index in [0.29, 0.717) is 10.1 Å². The van der Waals surface area contributed by atoms with Crippen LogP contribution < -0.4 is 5.32 Å². The molecule has 0 unspecified atom stereocenters. The molecule has 1 amide bonds. The van der Waals surface area contributed by atoms with Gasteiger partial charge in [-0.05, 0) is 23.4 Å². The maximum Gasteiger partial charge on any atom is 0.264 e. The maximum atomic E-state index is 11.5. The molecule has 0 radical (unpaired) electrons. The van der Waals surface area contributed by atoms with Gasteiger partial charge in [0.05, 0.1) is 4.91 Å². The second-order valence-corrected chi connectivity index (χ2v) is 4.11. The van der Waals surface area contributed by atoms with Crippen molar-refractivity contribution in [3.05, 3.63) is 40.8 Å². The van der Waals surface area contributed by atoms with Gasteiger partial charge in [-0.25, -0.2) is 4.99 Å². The SMILES string of the molecule is O=C1N/C(=N\CO)S/C1=C/c1ccccc1. The molecule has 1 aliphatic rings. The Labute approximate surface area is 97.1 Å². The summed E-state index contributed by atoms with van der Waals surface area (Å²) in [6.45, 7) is -0.318. The molecule has 1 aliphatic heterocycles. The number of amides is 1. The van der Waals surface area contributed by atoms with Crippen LogP contribution in [-0.4, -0.2) is 22.9 Å². The van der Waals surface area contributed by atoms with Gasteiger partial charge in [0, 0.05) is 0 Å². The second-order valence-electron chi connectivity index (χ2n) is 3.08. The van der Waals surface area contributed by atoms with E-state index in [0.717, 1.165) is 5.56 Å². The Morgan fingerprint density at radius 2 is 2.12 bits per heavy atom. The molecule has 4 nitrogen and oxygen atoms in total. The Hall–Kier alpha value is -1.59. The fourth-order valence-electron chi connectivity index (χ4n) is 1.27. The number of carbonyl (C=O) groups is 1. The first-order valence-corrected chi connectivity index (χ1v) is 5.52. The average molecular weight is 234 g/mol. The molecule has 1 fully saturated rings. The van der Waals surface area contributed by atoms with Crippen LogP contribution in [0.4, 0.5) is 0 Å². The lowest BCUT2D eigenvalue weighted by Gasteiger charge is -1.93. The van der Waals surface area contributed by atoms with Gasteiger partial charge < -0.3 is 10.4 Å². The molecule has 0 spiro atoms. The maximum absolute atomic E-state index is 11.5. The summed E-state index contributed by atoms with van der Waals surface area (Å²) in [5.41, 5.74) is 0.963. The number of aliphatic imine (C=N–C) groups is 1. The summed E-state index contributed by atoms with van der Waals surface area (Å²) >= 11 is 1.23. The number of aliphatic hydroxyl groups is 1. The van der Waals surface area contributed by atoms with Crippen LogP contribution in [0.15, 0.2) is 40.2 Å². The van der Waals surface area contributed by atoms with Crippen molar-refractivity contribution in [3.63, 3.8) is 0 Å². The highest BCUT2D eigenvalue weighted by Crippen LogP contribution is 2.25. The van der Waals surface area contributed by atoms with Crippen LogP contribution in [0.5, 0.6) is 0 Å². The quantitative estimate of drug-likeness (QED) is 0.756. The van der Waals surface area contributed by atoms with Gasteiger partial charge in [0.15, 0.2) is 5.17 Å². The molecule has 1 aromatic rings. The minimum absolute atomic E-state index is 0.180. The van der Waals surface area contributed by atoms with Crippen LogP contribution in [0, 0.1) is 0 Å². The third-order valence-corrected chi connectivity index (χ3v) is 2.91. The molecule has 1 saturated heterocycles. The summed E-state index contributed by atoms with van der Waals surface area (Å²) in [4.78, 5) is 15.8. The van der Waals surface area contributed by atoms with Crippen LogP contribution in [0.25, 0.3) is 6.08 Å². The first-order chi connectivity index (χ1) is 7.79. The van der Waals surface area contributed by atoms with Crippen molar-refractivity contribution in [2.24, 2.45) is 4.99 Å². The van der Waals surface area contributed by atoms with Crippen molar-refractivity contribution in [2.75, 3.05) is 6.73 Å². The number of amidine groups is 1. The topological polar surface area (TPSA) is 61.7 Å². The Morgan fingerprint density at radius 1 is 1.38 bits per heavy atom. The molecule has 1 heterocycles. The fourth-order valence-corrected chi connectivity index (χ4v) is 2.08. The highest BCUT2D eigenvalue weighted by atomic mass is 32.2. The van der Waals surface area contributed by atoms with Gasteiger partial charge in [-0.1, -0.05) is 30.3 Å². The number of nitrogens with zero attached hydrogens (tertiary/aromatic N) is 1. The molecule has 0 aliphatic carbocycles. The third-order valence-electron chi connectivity index (χ3n) is 1.96. The minimum atomic E-state index is -0.318. The molecule has 82 valence electrons. The molecular formula is C11H10N2O2S. The van der Waals surface area contributed by atoms with Gasteiger partial charge in [0.25, 0.3) is 5.91 Å². The summed E-state index contributed by atoms with van der Waals surface area (Å²) in [7, 11) is 0. The number of benzene rings is 1. The Bertz CT molecular complexity index is 454. The number of carbonyl (C=O) groups excluding carboxylic acids is 1. The molecule has 0 aromatic heterocycles. The van der Waals surface area contributed by atoms with Crippen LogP contribution in [0.3, 0.4) is 0 Å². The normalized spacial score (nSPS) is 20.4. The van der Waals surface area contributed by atoms with E-state index in [1.54, 1.807) is 6.08 Å². The number of rotatable bonds is 2. The fraction of sp³-hybridized carbons (Fsp3) is 0.0909. The zero-order valence-electron chi connectivity index (χ0n) is 8.38. The summed E-state index contributed by atoms with van der Waals surface area (Å²) < 4.78 is 0. The standard InChI is InChI=1S/C11H10N2O2S/c14-7-12-11-13-10(15)9(16-11)6-8-4-2-1-3-5-8/h1-6,14H,7H2,(H,12,13,15)/b9-6+. The van der Waals surface area contributed by atoms with E-state index < -0.39 is 0 Å². The number of nitrogens with one attached hydrogen (secondary N) is 1. The molecule has 0 bridgehead atoms. The van der Waals surface area contributed by atoms with Gasteiger partial charge >= 0.3 is 0 Å². The van der Waals surface area contributed by atoms with E-state index in [2.05, 4.69) is 10.3 Å². The van der Waals surface area contributed by atoms with E-state index in [-0.39, 0.29) is 12.6 Å². The monoisotopic (exact) mass is 234 g/mol. The zero-order valence-corrected chi connectivity index (χ0v) is 9.20. The van der Waals surface area contributed by atoms with Crippen LogP contribution >= 0.6 is 11.8 Å². The zero-order chi connectivity index (χ0) is 11.4. The Morgan fingerprint density at radius 3 is 2.81 bits per heavy atom. The smallest absolute Gasteiger partial charge is 0.264 e. The number of hydrogen-bond acceptors (Lipinski definition) is 4. The van der Waals surface area contributed by atoms with Gasteiger partial charge in [-0.15, -0.1) is 0 Å². The van der Waals surface area contributed by atoms with Crippen molar-refractivity contribution in [1.29, 1.82) is 0 Å². The average Bonchev–Trinajstić information content (AvgIpc) is 2.61. The lowest BCUT2D eigenvalue weighted by Crippen LogP contribution is -2.19. The number of thioether (sulfide) groups is 1. The van der Waals surface area contributed by atoms with Crippen LogP contribution in [0.1, 0.15) is 5.56 Å². The van der Waals surface area contributed by atoms with Crippen molar-refractivity contribution in [1.82, 2.24) is 5.32 Å². The third kappa shape index (κ3) is 2.50. The molecule has 2 N–H and O–H groups in total. The lowest BCUT2D eigenvalue weighted by atomic mass is 10.2. The minimum Gasteiger partial charge on any atom is -0.374 e. The Kier molecular flexibility index (Phi) is 3.38. The van der Waals surface area contributed by atoms with Crippen molar-refractivity contribution < 1.29 is 9.90 Å². The Balaban J connectivity index is 2.20. The number of hydrogen-bond donors (Lipinski definition) is 2. The molecule has 0 atom stereocenters. The summed E-state index contributed by atoms with van der Waals surface area (Å²) in [6.07, 6.45) is 1.79. The summed E-state index contributed by atoms with van der Waals surface area (Å²) in [5.74, 6) is -0.180. The predicted molar refractivity (Wildman–Crippen MR) is 64.7 cm³/mol. The molecule has 2 rings (SSSR count). The van der Waals surface area contributed by atoms with Crippen molar-refractivity contribution in [2.45, 2.75) is 0 Å². The van der Waals surface area contributed by atoms with E-state index >= 15 is 0 Å². The molecule has 16 heavy (non-hydrogen) atoms. The highest BCUT2D eigenvalue weighted by molar-refractivity contribution is 8.18. The summed E-state index contributed by atoms with van der Waals surface area (Å²) in [6, 6.07) is 9.58. The van der Waals surface area contributed by atoms with Gasteiger partial charge in [0.1, 0.15) is 6.73 Å². The van der Waals surface area contributed by atoms with Crippen LogP contribution in [0.2, 0.25) is 0 Å². The van der Waals surface area contributed by atoms with Gasteiger partial charge in [-0.3, -0.25) is 4.79 Å². The van der Waals surface area contributed by atoms with E-state index in [1.807, 2.05) is 30.3 Å². The van der Waals surface area contributed by atoms with Crippen molar-refractivity contribution in [3.8, 4) is 0 Å². The largest absolute Gasteiger partial charge is 0.374 e. The number of aliphatic hydroxyl groups excluding tert-OH is 1. The predicted octanol–water partition coefficient (Wildman–Crippen LogP) is 1.20. The highest BCUT2D eigenvalue weighted by Gasteiger charge is 2.23. The first kappa shape index (κ1) is 10.9. The summed E-state index contributed by atoms with van der Waals surface area (Å²) in [5, 5.41) is 11.6. The molecular weight excluding hydrogens is 224 g/mol. The van der Waals surface area contributed by atoms with Crippen molar-refractivity contribution >= 4 is 28.9 Å². The molecule has 5 heteroatoms. The van der Waals surface area contributed by atoms with E-state index in [9.17, 15) is 4.79 Å². The van der Waals surface area contributed by atoms with Gasteiger partial charge in [-0.2, -0.15) is 0 Å². The molecule has 1 aromatic carbocycles. The molecule has 0 saturated carbocycles. The van der Waals surface area contributed by atoms with E-state index in [1.165, 1.54) is 11.8 Å².